The molecule has 0 fully saturated rings. The highest BCUT2D eigenvalue weighted by atomic mass is 16.5. The van der Waals surface area contributed by atoms with Crippen LogP contribution < -0.4 is 10.1 Å². The van der Waals surface area contributed by atoms with Crippen molar-refractivity contribution in [1.29, 1.82) is 0 Å². The molecule has 0 aliphatic heterocycles. The SMILES string of the molecule is C=CCn1cc(C)nc1Nc1cccc(OCC)c1. The molecule has 0 saturated carbocycles. The van der Waals surface area contributed by atoms with Crippen molar-refractivity contribution in [1.82, 2.24) is 9.55 Å². The summed E-state index contributed by atoms with van der Waals surface area (Å²) in [5.74, 6) is 1.66. The number of rotatable bonds is 6. The zero-order valence-corrected chi connectivity index (χ0v) is 11.4. The van der Waals surface area contributed by atoms with Crippen molar-refractivity contribution in [2.45, 2.75) is 20.4 Å². The number of hydrogen-bond donors (Lipinski definition) is 1. The van der Waals surface area contributed by atoms with E-state index < -0.39 is 0 Å². The third-order valence-corrected chi connectivity index (χ3v) is 2.62. The summed E-state index contributed by atoms with van der Waals surface area (Å²) in [7, 11) is 0. The number of imidazole rings is 1. The fourth-order valence-electron chi connectivity index (χ4n) is 1.88. The monoisotopic (exact) mass is 257 g/mol. The minimum atomic E-state index is 0.660. The first-order chi connectivity index (χ1) is 9.22. The number of anilines is 2. The summed E-state index contributed by atoms with van der Waals surface area (Å²) < 4.78 is 7.51. The molecule has 2 rings (SSSR count). The topological polar surface area (TPSA) is 39.1 Å². The van der Waals surface area contributed by atoms with Gasteiger partial charge in [-0.1, -0.05) is 12.1 Å². The van der Waals surface area contributed by atoms with Crippen molar-refractivity contribution >= 4 is 11.6 Å². The van der Waals surface area contributed by atoms with Gasteiger partial charge in [0.25, 0.3) is 0 Å². The van der Waals surface area contributed by atoms with Crippen molar-refractivity contribution in [2.24, 2.45) is 0 Å². The second-order valence-electron chi connectivity index (χ2n) is 4.23. The number of benzene rings is 1. The predicted molar refractivity (Wildman–Crippen MR) is 78.1 cm³/mol. The summed E-state index contributed by atoms with van der Waals surface area (Å²) in [6.45, 7) is 9.09. The number of ether oxygens (including phenoxy) is 1. The maximum absolute atomic E-state index is 5.48. The van der Waals surface area contributed by atoms with Crippen LogP contribution in [0.25, 0.3) is 0 Å². The maximum Gasteiger partial charge on any atom is 0.207 e. The number of nitrogens with one attached hydrogen (secondary N) is 1. The van der Waals surface area contributed by atoms with Crippen LogP contribution in [0.3, 0.4) is 0 Å². The molecule has 0 aliphatic carbocycles. The highest BCUT2D eigenvalue weighted by molar-refractivity contribution is 5.56. The molecule has 0 aliphatic rings. The van der Waals surface area contributed by atoms with E-state index in [-0.39, 0.29) is 0 Å². The first-order valence-corrected chi connectivity index (χ1v) is 6.37. The molecular weight excluding hydrogens is 238 g/mol. The van der Waals surface area contributed by atoms with Gasteiger partial charge in [-0.25, -0.2) is 4.98 Å². The molecular formula is C15H19N3O. The van der Waals surface area contributed by atoms with Crippen LogP contribution in [0.15, 0.2) is 43.1 Å². The van der Waals surface area contributed by atoms with Gasteiger partial charge < -0.3 is 14.6 Å². The van der Waals surface area contributed by atoms with E-state index in [4.69, 9.17) is 4.74 Å². The molecule has 1 N–H and O–H groups in total. The molecule has 0 radical (unpaired) electrons. The Morgan fingerprint density at radius 1 is 1.47 bits per heavy atom. The Hall–Kier alpha value is -2.23. The van der Waals surface area contributed by atoms with E-state index in [9.17, 15) is 0 Å². The average Bonchev–Trinajstić information content (AvgIpc) is 2.71. The van der Waals surface area contributed by atoms with Crippen LogP contribution in [-0.4, -0.2) is 16.2 Å². The lowest BCUT2D eigenvalue weighted by molar-refractivity contribution is 0.340. The van der Waals surface area contributed by atoms with Gasteiger partial charge in [-0.15, -0.1) is 6.58 Å². The zero-order valence-electron chi connectivity index (χ0n) is 11.4. The largest absolute Gasteiger partial charge is 0.494 e. The standard InChI is InChI=1S/C15H19N3O/c1-4-9-18-11-12(3)16-15(18)17-13-7-6-8-14(10-13)19-5-2/h4,6-8,10-11H,1,5,9H2,2-3H3,(H,16,17). The highest BCUT2D eigenvalue weighted by Crippen LogP contribution is 2.21. The predicted octanol–water partition coefficient (Wildman–Crippen LogP) is 3.52. The summed E-state index contributed by atoms with van der Waals surface area (Å²) in [5.41, 5.74) is 1.94. The Kier molecular flexibility index (Phi) is 4.23. The van der Waals surface area contributed by atoms with E-state index in [0.29, 0.717) is 6.61 Å². The van der Waals surface area contributed by atoms with Gasteiger partial charge in [0.05, 0.1) is 12.3 Å². The summed E-state index contributed by atoms with van der Waals surface area (Å²) in [6, 6.07) is 7.85. The average molecular weight is 257 g/mol. The van der Waals surface area contributed by atoms with Gasteiger partial charge in [0.1, 0.15) is 5.75 Å². The molecule has 19 heavy (non-hydrogen) atoms. The maximum atomic E-state index is 5.48. The zero-order chi connectivity index (χ0) is 13.7. The molecule has 0 unspecified atom stereocenters. The van der Waals surface area contributed by atoms with Crippen molar-refractivity contribution in [3.8, 4) is 5.75 Å². The summed E-state index contributed by atoms with van der Waals surface area (Å²) >= 11 is 0. The van der Waals surface area contributed by atoms with E-state index in [2.05, 4.69) is 16.9 Å². The fourth-order valence-corrected chi connectivity index (χ4v) is 1.88. The molecule has 0 bridgehead atoms. The number of hydrogen-bond acceptors (Lipinski definition) is 3. The van der Waals surface area contributed by atoms with Crippen molar-refractivity contribution in [2.75, 3.05) is 11.9 Å². The van der Waals surface area contributed by atoms with Gasteiger partial charge in [-0.2, -0.15) is 0 Å². The Morgan fingerprint density at radius 2 is 2.32 bits per heavy atom. The van der Waals surface area contributed by atoms with E-state index in [1.165, 1.54) is 0 Å². The van der Waals surface area contributed by atoms with Crippen LogP contribution in [0.5, 0.6) is 5.75 Å². The van der Waals surface area contributed by atoms with Crippen molar-refractivity contribution < 1.29 is 4.74 Å². The first-order valence-electron chi connectivity index (χ1n) is 6.37. The van der Waals surface area contributed by atoms with Crippen LogP contribution in [0.1, 0.15) is 12.6 Å². The molecule has 0 atom stereocenters. The van der Waals surface area contributed by atoms with Crippen LogP contribution in [0.2, 0.25) is 0 Å². The lowest BCUT2D eigenvalue weighted by Crippen LogP contribution is -2.02. The Morgan fingerprint density at radius 3 is 3.05 bits per heavy atom. The molecule has 0 amide bonds. The van der Waals surface area contributed by atoms with Crippen LogP contribution >= 0.6 is 0 Å². The minimum Gasteiger partial charge on any atom is -0.494 e. The molecule has 100 valence electrons. The van der Waals surface area contributed by atoms with Gasteiger partial charge in [0.15, 0.2) is 0 Å². The summed E-state index contributed by atoms with van der Waals surface area (Å²) in [5, 5.41) is 3.30. The lowest BCUT2D eigenvalue weighted by atomic mass is 10.3. The molecule has 1 heterocycles. The van der Waals surface area contributed by atoms with E-state index in [1.807, 2.05) is 55.0 Å². The van der Waals surface area contributed by atoms with Gasteiger partial charge in [-0.3, -0.25) is 0 Å². The molecule has 0 saturated heterocycles. The van der Waals surface area contributed by atoms with Gasteiger partial charge in [-0.05, 0) is 26.0 Å². The van der Waals surface area contributed by atoms with Crippen LogP contribution in [0, 0.1) is 6.92 Å². The van der Waals surface area contributed by atoms with Gasteiger partial charge >= 0.3 is 0 Å². The van der Waals surface area contributed by atoms with Gasteiger partial charge in [0.2, 0.25) is 5.95 Å². The summed E-state index contributed by atoms with van der Waals surface area (Å²) in [6.07, 6.45) is 3.85. The second-order valence-corrected chi connectivity index (χ2v) is 4.23. The molecule has 4 heteroatoms. The smallest absolute Gasteiger partial charge is 0.207 e. The summed E-state index contributed by atoms with van der Waals surface area (Å²) in [4.78, 5) is 4.46. The van der Waals surface area contributed by atoms with Gasteiger partial charge in [0, 0.05) is 24.5 Å². The highest BCUT2D eigenvalue weighted by Gasteiger charge is 2.05. The second kappa shape index (κ2) is 6.09. The first kappa shape index (κ1) is 13.2. The fraction of sp³-hybridized carbons (Fsp3) is 0.267. The quantitative estimate of drug-likeness (QED) is 0.805. The lowest BCUT2D eigenvalue weighted by Gasteiger charge is -2.09. The molecule has 4 nitrogen and oxygen atoms in total. The van der Waals surface area contributed by atoms with E-state index in [0.717, 1.165) is 29.6 Å². The molecule has 2 aromatic rings. The third-order valence-electron chi connectivity index (χ3n) is 2.62. The van der Waals surface area contributed by atoms with E-state index >= 15 is 0 Å². The number of allylic oxidation sites excluding steroid dienone is 1. The number of aromatic nitrogens is 2. The number of aryl methyl sites for hydroxylation is 1. The normalized spacial score (nSPS) is 10.2. The molecule has 0 spiro atoms. The molecule has 1 aromatic carbocycles. The van der Waals surface area contributed by atoms with Crippen molar-refractivity contribution in [3.05, 3.63) is 48.8 Å². The Balaban J connectivity index is 2.20. The minimum absolute atomic E-state index is 0.660. The number of nitrogens with zero attached hydrogens (tertiary/aromatic N) is 2. The molecule has 1 aromatic heterocycles. The Labute approximate surface area is 113 Å². The van der Waals surface area contributed by atoms with Crippen molar-refractivity contribution in [3.63, 3.8) is 0 Å². The van der Waals surface area contributed by atoms with E-state index in [1.54, 1.807) is 0 Å². The Bertz CT molecular complexity index is 560. The van der Waals surface area contributed by atoms with Crippen LogP contribution in [-0.2, 0) is 6.54 Å². The van der Waals surface area contributed by atoms with Crippen LogP contribution in [0.4, 0.5) is 11.6 Å². The third kappa shape index (κ3) is 3.37.